The second-order valence-electron chi connectivity index (χ2n) is 4.48. The summed E-state index contributed by atoms with van der Waals surface area (Å²) in [5, 5.41) is 9.25. The van der Waals surface area contributed by atoms with Crippen molar-refractivity contribution in [2.45, 2.75) is 30.7 Å². The molecule has 4 heteroatoms. The molecule has 1 unspecified atom stereocenters. The van der Waals surface area contributed by atoms with Gasteiger partial charge in [-0.05, 0) is 37.5 Å². The van der Waals surface area contributed by atoms with Gasteiger partial charge in [0.25, 0.3) is 5.91 Å². The maximum atomic E-state index is 12.4. The summed E-state index contributed by atoms with van der Waals surface area (Å²) in [5.41, 5.74) is 1.65. The highest BCUT2D eigenvalue weighted by atomic mass is 32.1. The number of aliphatic hydroxyl groups excluding tert-OH is 1. The van der Waals surface area contributed by atoms with Crippen molar-refractivity contribution in [3.8, 4) is 0 Å². The first-order valence-electron chi connectivity index (χ1n) is 5.85. The third-order valence-electron chi connectivity index (χ3n) is 3.30. The molecule has 0 aromatic heterocycles. The number of likely N-dealkylation sites (tertiary alicyclic amines) is 1. The number of carbonyl (C=O) groups is 1. The van der Waals surface area contributed by atoms with E-state index >= 15 is 0 Å². The van der Waals surface area contributed by atoms with Gasteiger partial charge in [0.2, 0.25) is 0 Å². The van der Waals surface area contributed by atoms with E-state index in [1.54, 1.807) is 11.0 Å². The zero-order chi connectivity index (χ0) is 12.4. The number of amides is 1. The van der Waals surface area contributed by atoms with Gasteiger partial charge in [0.1, 0.15) is 0 Å². The molecule has 92 valence electrons. The van der Waals surface area contributed by atoms with Gasteiger partial charge in [-0.1, -0.05) is 6.07 Å². The Morgan fingerprint density at radius 1 is 1.59 bits per heavy atom. The molecule has 0 spiro atoms. The fourth-order valence-corrected chi connectivity index (χ4v) is 2.49. The first-order chi connectivity index (χ1) is 8.13. The van der Waals surface area contributed by atoms with E-state index in [-0.39, 0.29) is 18.6 Å². The van der Waals surface area contributed by atoms with Gasteiger partial charge in [0.15, 0.2) is 0 Å². The number of hydrogen-bond donors (Lipinski definition) is 2. The summed E-state index contributed by atoms with van der Waals surface area (Å²) in [5.74, 6) is 0.00921. The van der Waals surface area contributed by atoms with Crippen molar-refractivity contribution in [3.63, 3.8) is 0 Å². The van der Waals surface area contributed by atoms with E-state index in [9.17, 15) is 9.90 Å². The Morgan fingerprint density at radius 3 is 3.06 bits per heavy atom. The van der Waals surface area contributed by atoms with Gasteiger partial charge in [0.05, 0.1) is 12.6 Å². The van der Waals surface area contributed by atoms with Crippen LogP contribution in [-0.2, 0) is 0 Å². The van der Waals surface area contributed by atoms with E-state index in [1.165, 1.54) is 0 Å². The number of rotatable bonds is 2. The van der Waals surface area contributed by atoms with Gasteiger partial charge in [-0.2, -0.15) is 0 Å². The molecule has 0 bridgehead atoms. The van der Waals surface area contributed by atoms with E-state index in [1.807, 2.05) is 19.1 Å². The average Bonchev–Trinajstić information content (AvgIpc) is 2.79. The molecule has 0 saturated carbocycles. The molecule has 1 fully saturated rings. The number of aryl methyl sites for hydroxylation is 1. The van der Waals surface area contributed by atoms with Crippen LogP contribution in [0.1, 0.15) is 28.8 Å². The smallest absolute Gasteiger partial charge is 0.254 e. The number of thiol groups is 1. The molecular formula is C13H17NO2S. The maximum absolute atomic E-state index is 12.4. The van der Waals surface area contributed by atoms with Crippen LogP contribution in [0.4, 0.5) is 0 Å². The topological polar surface area (TPSA) is 40.5 Å². The van der Waals surface area contributed by atoms with Crippen LogP contribution in [0.3, 0.4) is 0 Å². The highest BCUT2D eigenvalue weighted by Crippen LogP contribution is 2.22. The first kappa shape index (κ1) is 12.5. The Balaban J connectivity index is 2.27. The van der Waals surface area contributed by atoms with E-state index in [4.69, 9.17) is 0 Å². The molecule has 1 aliphatic heterocycles. The second kappa shape index (κ2) is 5.10. The summed E-state index contributed by atoms with van der Waals surface area (Å²) in [6.45, 7) is 2.70. The molecule has 1 heterocycles. The van der Waals surface area contributed by atoms with Crippen molar-refractivity contribution < 1.29 is 9.90 Å². The standard InChI is InChI=1S/C13H17NO2S/c1-9-4-5-11(17)7-12(9)13(16)14-6-2-3-10(14)8-15/h4-5,7,10,15,17H,2-3,6,8H2,1H3. The van der Waals surface area contributed by atoms with E-state index < -0.39 is 0 Å². The molecule has 2 rings (SSSR count). The quantitative estimate of drug-likeness (QED) is 0.788. The molecular weight excluding hydrogens is 234 g/mol. The minimum Gasteiger partial charge on any atom is -0.394 e. The molecule has 1 saturated heterocycles. The van der Waals surface area contributed by atoms with Crippen molar-refractivity contribution in [2.75, 3.05) is 13.2 Å². The number of nitrogens with zero attached hydrogens (tertiary/aromatic N) is 1. The highest BCUT2D eigenvalue weighted by Gasteiger charge is 2.29. The molecule has 0 radical (unpaired) electrons. The minimum atomic E-state index is -0.0227. The second-order valence-corrected chi connectivity index (χ2v) is 4.99. The molecule has 1 aliphatic rings. The van der Waals surface area contributed by atoms with E-state index in [0.29, 0.717) is 5.56 Å². The Bertz CT molecular complexity index is 433. The number of hydrogen-bond acceptors (Lipinski definition) is 3. The summed E-state index contributed by atoms with van der Waals surface area (Å²) in [4.78, 5) is 14.9. The lowest BCUT2D eigenvalue weighted by molar-refractivity contribution is 0.0676. The Morgan fingerprint density at radius 2 is 2.35 bits per heavy atom. The summed E-state index contributed by atoms with van der Waals surface area (Å²) < 4.78 is 0. The van der Waals surface area contributed by atoms with Crippen molar-refractivity contribution in [2.24, 2.45) is 0 Å². The number of benzene rings is 1. The minimum absolute atomic E-state index is 0.00921. The zero-order valence-electron chi connectivity index (χ0n) is 9.89. The van der Waals surface area contributed by atoms with Gasteiger partial charge in [-0.3, -0.25) is 4.79 Å². The van der Waals surface area contributed by atoms with E-state index in [0.717, 1.165) is 29.8 Å². The lowest BCUT2D eigenvalue weighted by atomic mass is 10.1. The molecule has 0 aliphatic carbocycles. The van der Waals surface area contributed by atoms with Crippen molar-refractivity contribution >= 4 is 18.5 Å². The van der Waals surface area contributed by atoms with Crippen LogP contribution in [0.15, 0.2) is 23.1 Å². The Hall–Kier alpha value is -1.00. The normalized spacial score (nSPS) is 19.7. The Kier molecular flexibility index (Phi) is 3.74. The largest absolute Gasteiger partial charge is 0.394 e. The molecule has 17 heavy (non-hydrogen) atoms. The van der Waals surface area contributed by atoms with Gasteiger partial charge >= 0.3 is 0 Å². The van der Waals surface area contributed by atoms with Crippen LogP contribution in [0.5, 0.6) is 0 Å². The third kappa shape index (κ3) is 2.48. The monoisotopic (exact) mass is 251 g/mol. The molecule has 1 aromatic carbocycles. The van der Waals surface area contributed by atoms with Crippen molar-refractivity contribution in [1.82, 2.24) is 4.90 Å². The average molecular weight is 251 g/mol. The molecule has 3 nitrogen and oxygen atoms in total. The van der Waals surface area contributed by atoms with Crippen LogP contribution >= 0.6 is 12.6 Å². The molecule has 1 amide bonds. The Labute approximate surface area is 107 Å². The maximum Gasteiger partial charge on any atom is 0.254 e. The van der Waals surface area contributed by atoms with Crippen LogP contribution in [0.2, 0.25) is 0 Å². The van der Waals surface area contributed by atoms with Crippen molar-refractivity contribution in [3.05, 3.63) is 29.3 Å². The fourth-order valence-electron chi connectivity index (χ4n) is 2.29. The summed E-state index contributed by atoms with van der Waals surface area (Å²) in [6.07, 6.45) is 1.86. The summed E-state index contributed by atoms with van der Waals surface area (Å²) in [7, 11) is 0. The SMILES string of the molecule is Cc1ccc(S)cc1C(=O)N1CCCC1CO. The van der Waals surface area contributed by atoms with Gasteiger partial charge in [-0.25, -0.2) is 0 Å². The number of carbonyl (C=O) groups excluding carboxylic acids is 1. The number of aliphatic hydroxyl groups is 1. The van der Waals surface area contributed by atoms with Crippen molar-refractivity contribution in [1.29, 1.82) is 0 Å². The third-order valence-corrected chi connectivity index (χ3v) is 3.58. The van der Waals surface area contributed by atoms with Gasteiger partial charge < -0.3 is 10.0 Å². The van der Waals surface area contributed by atoms with Crippen LogP contribution in [-0.4, -0.2) is 35.1 Å². The summed E-state index contributed by atoms with van der Waals surface area (Å²) >= 11 is 4.26. The molecule has 1 N–H and O–H groups in total. The summed E-state index contributed by atoms with van der Waals surface area (Å²) in [6, 6.07) is 5.56. The predicted molar refractivity (Wildman–Crippen MR) is 69.6 cm³/mol. The van der Waals surface area contributed by atoms with Crippen LogP contribution in [0.25, 0.3) is 0 Å². The van der Waals surface area contributed by atoms with E-state index in [2.05, 4.69) is 12.6 Å². The predicted octanol–water partition coefficient (Wildman–Crippen LogP) is 1.88. The zero-order valence-corrected chi connectivity index (χ0v) is 10.8. The lowest BCUT2D eigenvalue weighted by Gasteiger charge is -2.23. The lowest BCUT2D eigenvalue weighted by Crippen LogP contribution is -2.37. The van der Waals surface area contributed by atoms with Gasteiger partial charge in [0, 0.05) is 17.0 Å². The molecule has 1 atom stereocenters. The molecule has 1 aromatic rings. The van der Waals surface area contributed by atoms with Crippen LogP contribution in [0, 0.1) is 6.92 Å². The highest BCUT2D eigenvalue weighted by molar-refractivity contribution is 7.80. The van der Waals surface area contributed by atoms with Crippen LogP contribution < -0.4 is 0 Å². The van der Waals surface area contributed by atoms with Gasteiger partial charge in [-0.15, -0.1) is 12.6 Å². The first-order valence-corrected chi connectivity index (χ1v) is 6.29. The fraction of sp³-hybridized carbons (Fsp3) is 0.462.